The van der Waals surface area contributed by atoms with Crippen LogP contribution in [0.4, 0.5) is 0 Å². The van der Waals surface area contributed by atoms with Gasteiger partial charge in [-0.3, -0.25) is 9.59 Å². The van der Waals surface area contributed by atoms with Gasteiger partial charge in [-0.25, -0.2) is 0 Å². The molecular formula is C26H30ClN3O2. The summed E-state index contributed by atoms with van der Waals surface area (Å²) >= 11 is 6.50. The van der Waals surface area contributed by atoms with Crippen LogP contribution in [0.3, 0.4) is 0 Å². The first kappa shape index (κ1) is 23.6. The normalized spacial score (nSPS) is 11.7. The average Bonchev–Trinajstić information content (AvgIpc) is 3.22. The highest BCUT2D eigenvalue weighted by molar-refractivity contribution is 6.30. The second-order valence-corrected chi connectivity index (χ2v) is 8.32. The van der Waals surface area contributed by atoms with Gasteiger partial charge in [0, 0.05) is 32.0 Å². The van der Waals surface area contributed by atoms with Crippen molar-refractivity contribution >= 4 is 23.4 Å². The zero-order valence-corrected chi connectivity index (χ0v) is 19.4. The minimum atomic E-state index is -0.814. The van der Waals surface area contributed by atoms with E-state index in [1.165, 1.54) is 0 Å². The molecule has 2 amide bonds. The molecule has 2 aromatic carbocycles. The molecule has 32 heavy (non-hydrogen) atoms. The number of carbonyl (C=O) groups is 2. The van der Waals surface area contributed by atoms with Gasteiger partial charge in [0.25, 0.3) is 0 Å². The van der Waals surface area contributed by atoms with Crippen molar-refractivity contribution in [1.82, 2.24) is 14.4 Å². The number of halogens is 1. The molecule has 1 heterocycles. The van der Waals surface area contributed by atoms with Crippen LogP contribution in [0.25, 0.3) is 0 Å². The van der Waals surface area contributed by atoms with E-state index in [4.69, 9.17) is 11.6 Å². The third-order valence-electron chi connectivity index (χ3n) is 5.41. The molecule has 168 valence electrons. The van der Waals surface area contributed by atoms with E-state index >= 15 is 0 Å². The molecule has 5 nitrogen and oxygen atoms in total. The second kappa shape index (κ2) is 11.5. The highest BCUT2D eigenvalue weighted by atomic mass is 35.5. The third-order valence-corrected chi connectivity index (χ3v) is 5.85. The van der Waals surface area contributed by atoms with E-state index in [0.29, 0.717) is 19.6 Å². The van der Waals surface area contributed by atoms with Crippen molar-refractivity contribution < 1.29 is 9.59 Å². The highest BCUT2D eigenvalue weighted by Crippen LogP contribution is 2.23. The lowest BCUT2D eigenvalue weighted by Crippen LogP contribution is -2.44. The number of rotatable bonds is 10. The Hall–Kier alpha value is -3.05. The molecule has 0 radical (unpaired) electrons. The number of benzene rings is 2. The van der Waals surface area contributed by atoms with E-state index in [1.54, 1.807) is 9.80 Å². The van der Waals surface area contributed by atoms with Crippen molar-refractivity contribution in [3.8, 4) is 0 Å². The molecule has 0 aliphatic heterocycles. The van der Waals surface area contributed by atoms with Crippen molar-refractivity contribution in [2.45, 2.75) is 31.8 Å². The van der Waals surface area contributed by atoms with Crippen LogP contribution in [0.2, 0.25) is 0 Å². The smallest absolute Gasteiger partial charge is 0.245 e. The number of hydrogen-bond acceptors (Lipinski definition) is 2. The maximum atomic E-state index is 13.4. The van der Waals surface area contributed by atoms with E-state index < -0.39 is 5.38 Å². The van der Waals surface area contributed by atoms with Crippen molar-refractivity contribution in [2.24, 2.45) is 7.05 Å². The third kappa shape index (κ3) is 6.24. The van der Waals surface area contributed by atoms with Crippen LogP contribution in [0.1, 0.15) is 35.5 Å². The summed E-state index contributed by atoms with van der Waals surface area (Å²) < 4.78 is 2.00. The highest BCUT2D eigenvalue weighted by Gasteiger charge is 2.27. The van der Waals surface area contributed by atoms with Crippen LogP contribution < -0.4 is 0 Å². The fourth-order valence-corrected chi connectivity index (χ4v) is 3.90. The Bertz CT molecular complexity index is 1000. The largest absolute Gasteiger partial charge is 0.353 e. The first-order chi connectivity index (χ1) is 15.5. The molecule has 1 atom stereocenters. The molecule has 3 rings (SSSR count). The summed E-state index contributed by atoms with van der Waals surface area (Å²) in [5.74, 6) is -0.347. The van der Waals surface area contributed by atoms with Crippen molar-refractivity contribution in [3.05, 3.63) is 95.8 Å². The zero-order chi connectivity index (χ0) is 22.9. The maximum absolute atomic E-state index is 13.4. The molecule has 0 aliphatic carbocycles. The minimum Gasteiger partial charge on any atom is -0.353 e. The summed E-state index contributed by atoms with van der Waals surface area (Å²) in [5, 5.41) is -0.814. The topological polar surface area (TPSA) is 45.6 Å². The van der Waals surface area contributed by atoms with Gasteiger partial charge in [0.05, 0.1) is 13.1 Å². The maximum Gasteiger partial charge on any atom is 0.245 e. The Morgan fingerprint density at radius 3 is 2.16 bits per heavy atom. The quantitative estimate of drug-likeness (QED) is 0.417. The molecule has 1 unspecified atom stereocenters. The van der Waals surface area contributed by atoms with E-state index in [0.717, 1.165) is 23.2 Å². The van der Waals surface area contributed by atoms with Crippen molar-refractivity contribution in [2.75, 3.05) is 13.1 Å². The Morgan fingerprint density at radius 1 is 0.906 bits per heavy atom. The van der Waals surface area contributed by atoms with Gasteiger partial charge in [0.15, 0.2) is 0 Å². The Morgan fingerprint density at radius 2 is 1.56 bits per heavy atom. The standard InChI is InChI=1S/C26H30ClN3O2/c1-3-16-29(26(32)25(27)22-13-8-5-9-14-22)20-24(31)30(18-21-11-6-4-7-12-21)19-23-15-10-17-28(23)2/h4-15,17,25H,3,16,18-20H2,1-2H3. The van der Waals surface area contributed by atoms with Gasteiger partial charge < -0.3 is 14.4 Å². The van der Waals surface area contributed by atoms with E-state index in [2.05, 4.69) is 0 Å². The zero-order valence-electron chi connectivity index (χ0n) is 18.7. The lowest BCUT2D eigenvalue weighted by molar-refractivity contribution is -0.141. The van der Waals surface area contributed by atoms with E-state index in [-0.39, 0.29) is 18.4 Å². The summed E-state index contributed by atoms with van der Waals surface area (Å²) in [6.07, 6.45) is 2.71. The number of aromatic nitrogens is 1. The SMILES string of the molecule is CCCN(CC(=O)N(Cc1ccccc1)Cc1cccn1C)C(=O)C(Cl)c1ccccc1. The molecule has 3 aromatic rings. The van der Waals surface area contributed by atoms with Gasteiger partial charge in [-0.1, -0.05) is 67.6 Å². The van der Waals surface area contributed by atoms with Gasteiger partial charge in [0.1, 0.15) is 5.38 Å². The molecule has 1 aromatic heterocycles. The van der Waals surface area contributed by atoms with Gasteiger partial charge in [-0.2, -0.15) is 0 Å². The van der Waals surface area contributed by atoms with Crippen LogP contribution in [-0.4, -0.2) is 39.3 Å². The second-order valence-electron chi connectivity index (χ2n) is 7.88. The lowest BCUT2D eigenvalue weighted by Gasteiger charge is -2.29. The Balaban J connectivity index is 1.78. The van der Waals surface area contributed by atoms with Crippen LogP contribution >= 0.6 is 11.6 Å². The molecule has 0 saturated carbocycles. The fourth-order valence-electron chi connectivity index (χ4n) is 3.62. The molecule has 0 spiro atoms. The Kier molecular flexibility index (Phi) is 8.51. The molecule has 0 saturated heterocycles. The summed E-state index contributed by atoms with van der Waals surface area (Å²) in [4.78, 5) is 29.9. The van der Waals surface area contributed by atoms with E-state index in [1.807, 2.05) is 97.5 Å². The van der Waals surface area contributed by atoms with Crippen LogP contribution in [0.15, 0.2) is 79.0 Å². The van der Waals surface area contributed by atoms with Crippen molar-refractivity contribution in [3.63, 3.8) is 0 Å². The number of aryl methyl sites for hydroxylation is 1. The number of amides is 2. The summed E-state index contributed by atoms with van der Waals surface area (Å²) in [5.41, 5.74) is 2.81. The van der Waals surface area contributed by atoms with Crippen LogP contribution in [-0.2, 0) is 29.7 Å². The fraction of sp³-hybridized carbons (Fsp3) is 0.308. The average molecular weight is 452 g/mol. The van der Waals surface area contributed by atoms with Crippen molar-refractivity contribution in [1.29, 1.82) is 0 Å². The summed E-state index contributed by atoms with van der Waals surface area (Å²) in [6, 6.07) is 23.1. The van der Waals surface area contributed by atoms with E-state index in [9.17, 15) is 9.59 Å². The molecule has 0 fully saturated rings. The number of carbonyl (C=O) groups excluding carboxylic acids is 2. The molecule has 0 N–H and O–H groups in total. The minimum absolute atomic E-state index is 0.0000165. The Labute approximate surface area is 195 Å². The van der Waals surface area contributed by atoms with Gasteiger partial charge >= 0.3 is 0 Å². The predicted molar refractivity (Wildman–Crippen MR) is 128 cm³/mol. The number of hydrogen-bond donors (Lipinski definition) is 0. The predicted octanol–water partition coefficient (Wildman–Crippen LogP) is 4.77. The van der Waals surface area contributed by atoms with Gasteiger partial charge in [-0.15, -0.1) is 11.6 Å². The monoisotopic (exact) mass is 451 g/mol. The number of alkyl halides is 1. The molecule has 0 bridgehead atoms. The molecule has 6 heteroatoms. The van der Waals surface area contributed by atoms with Crippen LogP contribution in [0.5, 0.6) is 0 Å². The number of nitrogens with zero attached hydrogens (tertiary/aromatic N) is 3. The van der Waals surface area contributed by atoms with Gasteiger partial charge in [-0.05, 0) is 29.7 Å². The summed E-state index contributed by atoms with van der Waals surface area (Å²) in [6.45, 7) is 3.41. The van der Waals surface area contributed by atoms with Crippen LogP contribution in [0, 0.1) is 0 Å². The molecule has 0 aliphatic rings. The lowest BCUT2D eigenvalue weighted by atomic mass is 10.1. The van der Waals surface area contributed by atoms with Gasteiger partial charge in [0.2, 0.25) is 11.8 Å². The first-order valence-corrected chi connectivity index (χ1v) is 11.3. The summed E-state index contributed by atoms with van der Waals surface area (Å²) in [7, 11) is 1.96. The molecular weight excluding hydrogens is 422 g/mol. The first-order valence-electron chi connectivity index (χ1n) is 10.9.